The van der Waals surface area contributed by atoms with Crippen LogP contribution in [0.5, 0.6) is 5.75 Å². The molecule has 0 saturated heterocycles. The highest BCUT2D eigenvalue weighted by molar-refractivity contribution is 7.89. The summed E-state index contributed by atoms with van der Waals surface area (Å²) < 4.78 is 27.7. The van der Waals surface area contributed by atoms with E-state index in [-0.39, 0.29) is 16.8 Å². The SMILES string of the molecule is COc1cccc(CCC(=O)NC(C)c2ccc(S(N)(=O)=O)cc2)c1. The zero-order valence-corrected chi connectivity index (χ0v) is 15.0. The molecule has 3 N–H and O–H groups in total. The Bertz CT molecular complexity index is 832. The summed E-state index contributed by atoms with van der Waals surface area (Å²) in [5.74, 6) is 0.687. The average Bonchev–Trinajstić information content (AvgIpc) is 2.59. The maximum atomic E-state index is 12.1. The molecule has 0 aliphatic carbocycles. The molecule has 1 unspecified atom stereocenters. The second-order valence-electron chi connectivity index (χ2n) is 5.75. The minimum atomic E-state index is -3.71. The van der Waals surface area contributed by atoms with Crippen LogP contribution in [-0.4, -0.2) is 21.4 Å². The van der Waals surface area contributed by atoms with Gasteiger partial charge in [-0.2, -0.15) is 0 Å². The van der Waals surface area contributed by atoms with E-state index < -0.39 is 10.0 Å². The molecule has 0 saturated carbocycles. The van der Waals surface area contributed by atoms with Crippen LogP contribution < -0.4 is 15.2 Å². The average molecular weight is 362 g/mol. The zero-order chi connectivity index (χ0) is 18.4. The van der Waals surface area contributed by atoms with Crippen LogP contribution in [0.2, 0.25) is 0 Å². The van der Waals surface area contributed by atoms with Gasteiger partial charge >= 0.3 is 0 Å². The van der Waals surface area contributed by atoms with Gasteiger partial charge in [0.25, 0.3) is 0 Å². The van der Waals surface area contributed by atoms with Crippen molar-refractivity contribution in [3.8, 4) is 5.75 Å². The molecule has 25 heavy (non-hydrogen) atoms. The second kappa shape index (κ2) is 8.13. The highest BCUT2D eigenvalue weighted by Gasteiger charge is 2.12. The van der Waals surface area contributed by atoms with Crippen LogP contribution in [0.4, 0.5) is 0 Å². The van der Waals surface area contributed by atoms with Crippen molar-refractivity contribution >= 4 is 15.9 Å². The summed E-state index contributed by atoms with van der Waals surface area (Å²) in [5, 5.41) is 7.98. The summed E-state index contributed by atoms with van der Waals surface area (Å²) >= 11 is 0. The molecule has 0 radical (unpaired) electrons. The van der Waals surface area contributed by atoms with Crippen LogP contribution in [0.3, 0.4) is 0 Å². The van der Waals surface area contributed by atoms with Crippen molar-refractivity contribution in [1.29, 1.82) is 0 Å². The Hall–Kier alpha value is -2.38. The molecule has 0 heterocycles. The van der Waals surface area contributed by atoms with Crippen LogP contribution in [-0.2, 0) is 21.2 Å². The standard InChI is InChI=1S/C18H22N2O4S/c1-13(15-7-9-17(10-8-15)25(19,22)23)20-18(21)11-6-14-4-3-5-16(12-14)24-2/h3-5,7-10,12-13H,6,11H2,1-2H3,(H,20,21)(H2,19,22,23). The van der Waals surface area contributed by atoms with Crippen molar-refractivity contribution in [2.24, 2.45) is 5.14 Å². The Labute approximate surface area is 148 Å². The Morgan fingerprint density at radius 2 is 1.88 bits per heavy atom. The van der Waals surface area contributed by atoms with Crippen molar-refractivity contribution in [1.82, 2.24) is 5.32 Å². The van der Waals surface area contributed by atoms with Crippen LogP contribution in [0.1, 0.15) is 30.5 Å². The smallest absolute Gasteiger partial charge is 0.238 e. The van der Waals surface area contributed by atoms with Crippen LogP contribution >= 0.6 is 0 Å². The van der Waals surface area contributed by atoms with Gasteiger partial charge < -0.3 is 10.1 Å². The molecular weight excluding hydrogens is 340 g/mol. The summed E-state index contributed by atoms with van der Waals surface area (Å²) in [5.41, 5.74) is 1.83. The molecule has 1 atom stereocenters. The van der Waals surface area contributed by atoms with Crippen LogP contribution in [0.15, 0.2) is 53.4 Å². The third-order valence-electron chi connectivity index (χ3n) is 3.86. The van der Waals surface area contributed by atoms with E-state index in [1.54, 1.807) is 19.2 Å². The number of carbonyl (C=O) groups excluding carboxylic acids is 1. The van der Waals surface area contributed by atoms with E-state index in [0.717, 1.165) is 16.9 Å². The molecular formula is C18H22N2O4S. The highest BCUT2D eigenvalue weighted by atomic mass is 32.2. The number of aryl methyl sites for hydroxylation is 1. The van der Waals surface area contributed by atoms with Crippen molar-refractivity contribution in [3.63, 3.8) is 0 Å². The Morgan fingerprint density at radius 1 is 1.20 bits per heavy atom. The molecule has 7 heteroatoms. The van der Waals surface area contributed by atoms with Gasteiger partial charge in [-0.05, 0) is 48.7 Å². The van der Waals surface area contributed by atoms with Crippen LogP contribution in [0, 0.1) is 0 Å². The second-order valence-corrected chi connectivity index (χ2v) is 7.32. The Balaban J connectivity index is 1.91. The molecule has 2 rings (SSSR count). The first-order valence-electron chi connectivity index (χ1n) is 7.84. The molecule has 134 valence electrons. The van der Waals surface area contributed by atoms with E-state index >= 15 is 0 Å². The maximum absolute atomic E-state index is 12.1. The van der Waals surface area contributed by atoms with E-state index in [2.05, 4.69) is 5.32 Å². The number of amides is 1. The van der Waals surface area contributed by atoms with Gasteiger partial charge in [-0.1, -0.05) is 24.3 Å². The van der Waals surface area contributed by atoms with Crippen molar-refractivity contribution in [2.45, 2.75) is 30.7 Å². The van der Waals surface area contributed by atoms with Gasteiger partial charge in [0.1, 0.15) is 5.75 Å². The fourth-order valence-electron chi connectivity index (χ4n) is 2.43. The van der Waals surface area contributed by atoms with Gasteiger partial charge in [0, 0.05) is 6.42 Å². The maximum Gasteiger partial charge on any atom is 0.238 e. The summed E-state index contributed by atoms with van der Waals surface area (Å²) in [6.45, 7) is 1.84. The summed E-state index contributed by atoms with van der Waals surface area (Å²) in [6.07, 6.45) is 0.965. The molecule has 0 aromatic heterocycles. The fraction of sp³-hybridized carbons (Fsp3) is 0.278. The first-order chi connectivity index (χ1) is 11.8. The number of ether oxygens (including phenoxy) is 1. The van der Waals surface area contributed by atoms with Gasteiger partial charge in [-0.25, -0.2) is 13.6 Å². The molecule has 2 aromatic rings. The third-order valence-corrected chi connectivity index (χ3v) is 4.79. The number of methoxy groups -OCH3 is 1. The first-order valence-corrected chi connectivity index (χ1v) is 9.39. The number of hydrogen-bond acceptors (Lipinski definition) is 4. The minimum absolute atomic E-state index is 0.0489. The predicted molar refractivity (Wildman–Crippen MR) is 95.7 cm³/mol. The number of nitrogens with two attached hydrogens (primary N) is 1. The molecule has 0 aliphatic heterocycles. The van der Waals surface area contributed by atoms with Crippen molar-refractivity contribution < 1.29 is 17.9 Å². The first kappa shape index (κ1) is 19.0. The topological polar surface area (TPSA) is 98.5 Å². The van der Waals surface area contributed by atoms with Gasteiger partial charge in [0.05, 0.1) is 18.0 Å². The molecule has 2 aromatic carbocycles. The Morgan fingerprint density at radius 3 is 2.48 bits per heavy atom. The minimum Gasteiger partial charge on any atom is -0.497 e. The monoisotopic (exact) mass is 362 g/mol. The molecule has 1 amide bonds. The van der Waals surface area contributed by atoms with E-state index in [9.17, 15) is 13.2 Å². The zero-order valence-electron chi connectivity index (χ0n) is 14.2. The van der Waals surface area contributed by atoms with E-state index in [0.29, 0.717) is 12.8 Å². The van der Waals surface area contributed by atoms with E-state index in [1.807, 2.05) is 31.2 Å². The molecule has 0 aliphatic rings. The van der Waals surface area contributed by atoms with Gasteiger partial charge in [-0.3, -0.25) is 4.79 Å². The third kappa shape index (κ3) is 5.58. The lowest BCUT2D eigenvalue weighted by atomic mass is 10.1. The van der Waals surface area contributed by atoms with Crippen molar-refractivity contribution in [2.75, 3.05) is 7.11 Å². The number of benzene rings is 2. The molecule has 0 spiro atoms. The Kier molecular flexibility index (Phi) is 6.17. The van der Waals surface area contributed by atoms with Gasteiger partial charge in [0.15, 0.2) is 0 Å². The fourth-order valence-corrected chi connectivity index (χ4v) is 2.94. The summed E-state index contributed by atoms with van der Waals surface area (Å²) in [7, 11) is -2.11. The normalized spacial score (nSPS) is 12.4. The molecule has 0 bridgehead atoms. The lowest BCUT2D eigenvalue weighted by molar-refractivity contribution is -0.121. The summed E-state index contributed by atoms with van der Waals surface area (Å²) in [4.78, 5) is 12.2. The quantitative estimate of drug-likeness (QED) is 0.788. The lowest BCUT2D eigenvalue weighted by Gasteiger charge is -2.15. The van der Waals surface area contributed by atoms with E-state index in [1.165, 1.54) is 12.1 Å². The van der Waals surface area contributed by atoms with Crippen LogP contribution in [0.25, 0.3) is 0 Å². The van der Waals surface area contributed by atoms with Gasteiger partial charge in [-0.15, -0.1) is 0 Å². The lowest BCUT2D eigenvalue weighted by Crippen LogP contribution is -2.26. The number of hydrogen-bond donors (Lipinski definition) is 2. The largest absolute Gasteiger partial charge is 0.497 e. The molecule has 0 fully saturated rings. The van der Waals surface area contributed by atoms with Gasteiger partial charge in [0.2, 0.25) is 15.9 Å². The molecule has 6 nitrogen and oxygen atoms in total. The number of nitrogens with one attached hydrogen (secondary N) is 1. The predicted octanol–water partition coefficient (Wildman–Crippen LogP) is 2.15. The number of sulfonamides is 1. The highest BCUT2D eigenvalue weighted by Crippen LogP contribution is 2.17. The number of carbonyl (C=O) groups is 1. The number of rotatable bonds is 7. The van der Waals surface area contributed by atoms with E-state index in [4.69, 9.17) is 9.88 Å². The number of primary sulfonamides is 1. The van der Waals surface area contributed by atoms with Crippen molar-refractivity contribution in [3.05, 3.63) is 59.7 Å². The summed E-state index contributed by atoms with van der Waals surface area (Å²) in [6, 6.07) is 13.5.